The van der Waals surface area contributed by atoms with Gasteiger partial charge in [-0.2, -0.15) is 0 Å². The molecular formula is C16H15NO4. The van der Waals surface area contributed by atoms with Gasteiger partial charge in [-0.1, -0.05) is 24.3 Å². The Morgan fingerprint density at radius 3 is 2.57 bits per heavy atom. The van der Waals surface area contributed by atoms with Gasteiger partial charge in [0.1, 0.15) is 5.75 Å². The molecule has 2 N–H and O–H groups in total. The predicted octanol–water partition coefficient (Wildman–Crippen LogP) is 2.15. The SMILES string of the molecule is COCc1ccccc1C(=O)Oc1cccc(C(N)=O)c1. The molecule has 0 saturated heterocycles. The van der Waals surface area contributed by atoms with E-state index in [0.29, 0.717) is 12.2 Å². The van der Waals surface area contributed by atoms with Gasteiger partial charge in [0.2, 0.25) is 5.91 Å². The van der Waals surface area contributed by atoms with Crippen LogP contribution in [0, 0.1) is 0 Å². The van der Waals surface area contributed by atoms with Crippen molar-refractivity contribution < 1.29 is 19.1 Å². The van der Waals surface area contributed by atoms with Crippen LogP contribution in [0.2, 0.25) is 0 Å². The summed E-state index contributed by atoms with van der Waals surface area (Å²) >= 11 is 0. The molecule has 0 aliphatic carbocycles. The number of benzene rings is 2. The van der Waals surface area contributed by atoms with Crippen molar-refractivity contribution in [3.05, 3.63) is 65.2 Å². The van der Waals surface area contributed by atoms with E-state index in [1.54, 1.807) is 43.5 Å². The average molecular weight is 285 g/mol. The van der Waals surface area contributed by atoms with Crippen LogP contribution in [0.4, 0.5) is 0 Å². The van der Waals surface area contributed by atoms with E-state index in [0.717, 1.165) is 5.56 Å². The maximum atomic E-state index is 12.2. The molecule has 0 fully saturated rings. The number of carbonyl (C=O) groups is 2. The molecule has 1 amide bonds. The molecule has 0 saturated carbocycles. The lowest BCUT2D eigenvalue weighted by atomic mass is 10.1. The Hall–Kier alpha value is -2.66. The summed E-state index contributed by atoms with van der Waals surface area (Å²) in [5.74, 6) is -0.819. The van der Waals surface area contributed by atoms with Crippen LogP contribution >= 0.6 is 0 Å². The second-order valence-electron chi connectivity index (χ2n) is 4.37. The van der Waals surface area contributed by atoms with Gasteiger partial charge in [0.25, 0.3) is 0 Å². The van der Waals surface area contributed by atoms with Crippen molar-refractivity contribution >= 4 is 11.9 Å². The minimum atomic E-state index is -0.576. The number of rotatable bonds is 5. The lowest BCUT2D eigenvalue weighted by molar-refractivity contribution is 0.0728. The second kappa shape index (κ2) is 6.67. The third-order valence-electron chi connectivity index (χ3n) is 2.87. The molecule has 108 valence electrons. The first-order chi connectivity index (χ1) is 10.1. The third-order valence-corrected chi connectivity index (χ3v) is 2.87. The minimum absolute atomic E-state index is 0.267. The highest BCUT2D eigenvalue weighted by atomic mass is 16.5. The maximum absolute atomic E-state index is 12.2. The van der Waals surface area contributed by atoms with Gasteiger partial charge in [0.05, 0.1) is 12.2 Å². The van der Waals surface area contributed by atoms with Gasteiger partial charge in [-0.3, -0.25) is 4.79 Å². The van der Waals surface area contributed by atoms with Crippen LogP contribution in [0.1, 0.15) is 26.3 Å². The lowest BCUT2D eigenvalue weighted by Crippen LogP contribution is -2.13. The van der Waals surface area contributed by atoms with Gasteiger partial charge in [-0.25, -0.2) is 4.79 Å². The molecule has 0 aliphatic heterocycles. The van der Waals surface area contributed by atoms with Crippen LogP contribution in [-0.2, 0) is 11.3 Å². The summed E-state index contributed by atoms with van der Waals surface area (Å²) in [6, 6.07) is 13.2. The highest BCUT2D eigenvalue weighted by Crippen LogP contribution is 2.17. The molecule has 0 heterocycles. The van der Waals surface area contributed by atoms with Crippen LogP contribution in [-0.4, -0.2) is 19.0 Å². The van der Waals surface area contributed by atoms with Crippen molar-refractivity contribution in [2.45, 2.75) is 6.61 Å². The largest absolute Gasteiger partial charge is 0.423 e. The van der Waals surface area contributed by atoms with E-state index in [-0.39, 0.29) is 11.3 Å². The van der Waals surface area contributed by atoms with E-state index in [9.17, 15) is 9.59 Å². The molecule has 2 aromatic carbocycles. The number of amides is 1. The summed E-state index contributed by atoms with van der Waals surface area (Å²) in [6.07, 6.45) is 0. The molecule has 0 unspecified atom stereocenters. The molecule has 2 aromatic rings. The number of methoxy groups -OCH3 is 1. The molecule has 0 aliphatic rings. The van der Waals surface area contributed by atoms with Crippen molar-refractivity contribution in [2.24, 2.45) is 5.73 Å². The number of ether oxygens (including phenoxy) is 2. The summed E-state index contributed by atoms with van der Waals surface area (Å²) < 4.78 is 10.3. The molecule has 0 atom stereocenters. The van der Waals surface area contributed by atoms with Gasteiger partial charge in [-0.15, -0.1) is 0 Å². The number of esters is 1. The van der Waals surface area contributed by atoms with E-state index >= 15 is 0 Å². The smallest absolute Gasteiger partial charge is 0.343 e. The summed E-state index contributed by atoms with van der Waals surface area (Å²) in [7, 11) is 1.55. The van der Waals surface area contributed by atoms with Crippen molar-refractivity contribution in [1.29, 1.82) is 0 Å². The molecule has 0 radical (unpaired) electrons. The lowest BCUT2D eigenvalue weighted by Gasteiger charge is -2.09. The van der Waals surface area contributed by atoms with Crippen LogP contribution < -0.4 is 10.5 Å². The molecule has 0 aromatic heterocycles. The number of nitrogens with two attached hydrogens (primary N) is 1. The van der Waals surface area contributed by atoms with Crippen molar-refractivity contribution in [3.63, 3.8) is 0 Å². The summed E-state index contributed by atoms with van der Waals surface area (Å²) in [4.78, 5) is 23.3. The Labute approximate surface area is 122 Å². The number of primary amides is 1. The zero-order valence-corrected chi connectivity index (χ0v) is 11.5. The van der Waals surface area contributed by atoms with Gasteiger partial charge >= 0.3 is 5.97 Å². The van der Waals surface area contributed by atoms with E-state index in [2.05, 4.69) is 0 Å². The van der Waals surface area contributed by atoms with Crippen molar-refractivity contribution in [1.82, 2.24) is 0 Å². The highest BCUT2D eigenvalue weighted by Gasteiger charge is 2.13. The van der Waals surface area contributed by atoms with E-state index in [1.807, 2.05) is 6.07 Å². The Bertz CT molecular complexity index is 667. The molecule has 5 heteroatoms. The highest BCUT2D eigenvalue weighted by molar-refractivity contribution is 5.94. The summed E-state index contributed by atoms with van der Waals surface area (Å²) in [5, 5.41) is 0. The molecule has 0 spiro atoms. The fourth-order valence-corrected chi connectivity index (χ4v) is 1.88. The van der Waals surface area contributed by atoms with Crippen molar-refractivity contribution in [2.75, 3.05) is 7.11 Å². The van der Waals surface area contributed by atoms with Crippen molar-refractivity contribution in [3.8, 4) is 5.75 Å². The zero-order valence-electron chi connectivity index (χ0n) is 11.5. The second-order valence-corrected chi connectivity index (χ2v) is 4.37. The van der Waals surface area contributed by atoms with Gasteiger partial charge < -0.3 is 15.2 Å². The first-order valence-corrected chi connectivity index (χ1v) is 6.30. The quantitative estimate of drug-likeness (QED) is 0.674. The van der Waals surface area contributed by atoms with Crippen LogP contribution in [0.5, 0.6) is 5.75 Å². The fourth-order valence-electron chi connectivity index (χ4n) is 1.88. The first-order valence-electron chi connectivity index (χ1n) is 6.30. The molecule has 21 heavy (non-hydrogen) atoms. The Balaban J connectivity index is 2.22. The van der Waals surface area contributed by atoms with Gasteiger partial charge in [-0.05, 0) is 29.8 Å². The summed E-state index contributed by atoms with van der Waals surface area (Å²) in [5.41, 5.74) is 6.63. The maximum Gasteiger partial charge on any atom is 0.343 e. The normalized spacial score (nSPS) is 10.1. The minimum Gasteiger partial charge on any atom is -0.423 e. The zero-order chi connectivity index (χ0) is 15.2. The topological polar surface area (TPSA) is 78.6 Å². The summed E-state index contributed by atoms with van der Waals surface area (Å²) in [6.45, 7) is 0.312. The van der Waals surface area contributed by atoms with Crippen LogP contribution in [0.15, 0.2) is 48.5 Å². The van der Waals surface area contributed by atoms with E-state index in [4.69, 9.17) is 15.2 Å². The monoisotopic (exact) mass is 285 g/mol. The molecule has 5 nitrogen and oxygen atoms in total. The predicted molar refractivity (Wildman–Crippen MR) is 77.1 cm³/mol. The number of hydrogen-bond acceptors (Lipinski definition) is 4. The van der Waals surface area contributed by atoms with E-state index in [1.165, 1.54) is 6.07 Å². The van der Waals surface area contributed by atoms with Crippen LogP contribution in [0.3, 0.4) is 0 Å². The fraction of sp³-hybridized carbons (Fsp3) is 0.125. The number of carbonyl (C=O) groups excluding carboxylic acids is 2. The standard InChI is InChI=1S/C16H15NO4/c1-20-10-12-5-2-3-8-14(12)16(19)21-13-7-4-6-11(9-13)15(17)18/h2-9H,10H2,1H3,(H2,17,18). The Morgan fingerprint density at radius 1 is 1.10 bits per heavy atom. The molecule has 2 rings (SSSR count). The van der Waals surface area contributed by atoms with Crippen LogP contribution in [0.25, 0.3) is 0 Å². The molecular weight excluding hydrogens is 270 g/mol. The Morgan fingerprint density at radius 2 is 1.86 bits per heavy atom. The van der Waals surface area contributed by atoms with Gasteiger partial charge in [0.15, 0.2) is 0 Å². The van der Waals surface area contributed by atoms with Gasteiger partial charge in [0, 0.05) is 12.7 Å². The van der Waals surface area contributed by atoms with E-state index < -0.39 is 11.9 Å². The third kappa shape index (κ3) is 3.67. The Kier molecular flexibility index (Phi) is 4.68. The first kappa shape index (κ1) is 14.7. The molecule has 0 bridgehead atoms. The number of hydrogen-bond donors (Lipinski definition) is 1. The average Bonchev–Trinajstić information content (AvgIpc) is 2.48.